The number of nitrogens with one attached hydrogen (secondary N) is 1. The second-order valence-electron chi connectivity index (χ2n) is 7.42. The number of esters is 1. The third-order valence-corrected chi connectivity index (χ3v) is 8.38. The molecule has 0 fully saturated rings. The van der Waals surface area contributed by atoms with E-state index in [9.17, 15) is 9.59 Å². The van der Waals surface area contributed by atoms with Gasteiger partial charge in [-0.1, -0.05) is 37.1 Å². The summed E-state index contributed by atoms with van der Waals surface area (Å²) in [6.45, 7) is 4.20. The van der Waals surface area contributed by atoms with Gasteiger partial charge in [-0.05, 0) is 49.3 Å². The van der Waals surface area contributed by atoms with E-state index in [0.717, 1.165) is 46.9 Å². The number of fused-ring (bicyclic) bond motifs is 2. The van der Waals surface area contributed by atoms with Gasteiger partial charge in [0.15, 0.2) is 0 Å². The van der Waals surface area contributed by atoms with E-state index in [4.69, 9.17) is 16.3 Å². The van der Waals surface area contributed by atoms with Crippen molar-refractivity contribution in [3.05, 3.63) is 49.7 Å². The molecule has 2 heterocycles. The summed E-state index contributed by atoms with van der Waals surface area (Å²) < 4.78 is 6.00. The molecule has 4 nitrogen and oxygen atoms in total. The fourth-order valence-electron chi connectivity index (χ4n) is 3.89. The summed E-state index contributed by atoms with van der Waals surface area (Å²) in [5, 5.41) is 4.84. The highest BCUT2D eigenvalue weighted by atomic mass is 35.5. The fraction of sp³-hybridized carbons (Fsp3) is 0.364. The van der Waals surface area contributed by atoms with Crippen LogP contribution in [0.1, 0.15) is 55.8 Å². The van der Waals surface area contributed by atoms with Crippen LogP contribution in [-0.2, 0) is 17.6 Å². The lowest BCUT2D eigenvalue weighted by molar-refractivity contribution is 0.0601. The molecule has 1 aromatic carbocycles. The maximum Gasteiger partial charge on any atom is 0.341 e. The Labute approximate surface area is 182 Å². The van der Waals surface area contributed by atoms with Crippen LogP contribution in [0.3, 0.4) is 0 Å². The minimum Gasteiger partial charge on any atom is -0.465 e. The quantitative estimate of drug-likeness (QED) is 0.465. The third kappa shape index (κ3) is 3.69. The number of hydrogen-bond donors (Lipinski definition) is 1. The van der Waals surface area contributed by atoms with Crippen molar-refractivity contribution in [3.63, 3.8) is 0 Å². The highest BCUT2D eigenvalue weighted by Gasteiger charge is 2.30. The SMILES string of the molecule is CCC1CCc2c(sc(NC(=O)c3sc4cc(C)ccc4c3Cl)c2C(=O)OC)C1. The van der Waals surface area contributed by atoms with Crippen molar-refractivity contribution in [3.8, 4) is 0 Å². The van der Waals surface area contributed by atoms with E-state index < -0.39 is 5.97 Å². The molecule has 152 valence electrons. The van der Waals surface area contributed by atoms with Gasteiger partial charge in [-0.3, -0.25) is 4.79 Å². The molecule has 1 unspecified atom stereocenters. The Balaban J connectivity index is 1.70. The molecule has 29 heavy (non-hydrogen) atoms. The van der Waals surface area contributed by atoms with Crippen LogP contribution in [0.4, 0.5) is 5.00 Å². The number of carbonyl (C=O) groups excluding carboxylic acids is 2. The number of halogens is 1. The first-order valence-corrected chi connectivity index (χ1v) is 11.7. The van der Waals surface area contributed by atoms with Crippen LogP contribution in [0.15, 0.2) is 18.2 Å². The summed E-state index contributed by atoms with van der Waals surface area (Å²) in [5.74, 6) is -0.0640. The van der Waals surface area contributed by atoms with Crippen LogP contribution in [0, 0.1) is 12.8 Å². The fourth-order valence-corrected chi connectivity index (χ4v) is 6.74. The predicted molar refractivity (Wildman–Crippen MR) is 121 cm³/mol. The zero-order valence-corrected chi connectivity index (χ0v) is 18.9. The monoisotopic (exact) mass is 447 g/mol. The summed E-state index contributed by atoms with van der Waals surface area (Å²) in [7, 11) is 1.38. The lowest BCUT2D eigenvalue weighted by Crippen LogP contribution is -2.16. The third-order valence-electron chi connectivity index (χ3n) is 5.55. The molecule has 4 rings (SSSR count). The molecule has 2 aromatic heterocycles. The summed E-state index contributed by atoms with van der Waals surface area (Å²) in [5.41, 5.74) is 2.65. The Bertz CT molecular complexity index is 1120. The topological polar surface area (TPSA) is 55.4 Å². The molecular weight excluding hydrogens is 426 g/mol. The maximum absolute atomic E-state index is 13.1. The normalized spacial score (nSPS) is 15.9. The standard InChI is InChI=1S/C22H22ClNO3S2/c1-4-12-6-8-13-16(10-12)29-21(17(13)22(26)27-3)24-20(25)19-18(23)14-7-5-11(2)9-15(14)28-19/h5,7,9,12H,4,6,8,10H2,1-3H3,(H,24,25). The van der Waals surface area contributed by atoms with E-state index >= 15 is 0 Å². The molecule has 1 atom stereocenters. The smallest absolute Gasteiger partial charge is 0.341 e. The van der Waals surface area contributed by atoms with Crippen LogP contribution in [0.25, 0.3) is 10.1 Å². The zero-order valence-electron chi connectivity index (χ0n) is 16.6. The highest BCUT2D eigenvalue weighted by molar-refractivity contribution is 7.22. The molecule has 0 spiro atoms. The Morgan fingerprint density at radius 1 is 1.31 bits per heavy atom. The maximum atomic E-state index is 13.1. The van der Waals surface area contributed by atoms with Crippen LogP contribution >= 0.6 is 34.3 Å². The number of hydrogen-bond acceptors (Lipinski definition) is 5. The van der Waals surface area contributed by atoms with Crippen molar-refractivity contribution in [2.24, 2.45) is 5.92 Å². The number of rotatable bonds is 4. The van der Waals surface area contributed by atoms with E-state index in [2.05, 4.69) is 12.2 Å². The summed E-state index contributed by atoms with van der Waals surface area (Å²) in [6, 6.07) is 5.95. The number of methoxy groups -OCH3 is 1. The van der Waals surface area contributed by atoms with E-state index in [1.54, 1.807) is 0 Å². The van der Waals surface area contributed by atoms with E-state index in [-0.39, 0.29) is 5.91 Å². The largest absolute Gasteiger partial charge is 0.465 e. The first-order valence-electron chi connectivity index (χ1n) is 9.65. The Morgan fingerprint density at radius 3 is 2.83 bits per heavy atom. The predicted octanol–water partition coefficient (Wildman–Crippen LogP) is 6.48. The van der Waals surface area contributed by atoms with Crippen molar-refractivity contribution < 1.29 is 14.3 Å². The Hall–Kier alpha value is -1.89. The van der Waals surface area contributed by atoms with Gasteiger partial charge < -0.3 is 10.1 Å². The van der Waals surface area contributed by atoms with Gasteiger partial charge in [0, 0.05) is 15.0 Å². The van der Waals surface area contributed by atoms with E-state index in [0.29, 0.717) is 26.4 Å². The molecule has 0 radical (unpaired) electrons. The lowest BCUT2D eigenvalue weighted by Gasteiger charge is -2.20. The van der Waals surface area contributed by atoms with Crippen molar-refractivity contribution in [2.75, 3.05) is 12.4 Å². The van der Waals surface area contributed by atoms with Crippen molar-refractivity contribution in [1.29, 1.82) is 0 Å². The molecule has 3 aromatic rings. The Morgan fingerprint density at radius 2 is 2.10 bits per heavy atom. The van der Waals surface area contributed by atoms with Crippen LogP contribution in [0.2, 0.25) is 5.02 Å². The number of benzene rings is 1. The van der Waals surface area contributed by atoms with Gasteiger partial charge in [-0.15, -0.1) is 22.7 Å². The van der Waals surface area contributed by atoms with Crippen molar-refractivity contribution in [1.82, 2.24) is 0 Å². The van der Waals surface area contributed by atoms with Gasteiger partial charge in [0.05, 0.1) is 17.7 Å². The van der Waals surface area contributed by atoms with Crippen molar-refractivity contribution >= 4 is 61.2 Å². The van der Waals surface area contributed by atoms with Gasteiger partial charge >= 0.3 is 5.97 Å². The summed E-state index contributed by atoms with van der Waals surface area (Å²) in [4.78, 5) is 27.2. The second kappa shape index (κ2) is 8.09. The van der Waals surface area contributed by atoms with Gasteiger partial charge in [-0.2, -0.15) is 0 Å². The number of anilines is 1. The second-order valence-corrected chi connectivity index (χ2v) is 9.95. The average molecular weight is 448 g/mol. The van der Waals surface area contributed by atoms with Crippen LogP contribution < -0.4 is 5.32 Å². The number of ether oxygens (including phenoxy) is 1. The molecular formula is C22H22ClNO3S2. The molecule has 1 amide bonds. The first-order chi connectivity index (χ1) is 13.9. The molecule has 0 saturated heterocycles. The summed E-state index contributed by atoms with van der Waals surface area (Å²) >= 11 is 9.36. The molecule has 0 saturated carbocycles. The number of amides is 1. The molecule has 1 N–H and O–H groups in total. The number of aryl methyl sites for hydroxylation is 1. The molecule has 7 heteroatoms. The molecule has 1 aliphatic carbocycles. The first kappa shape index (κ1) is 20.4. The van der Waals surface area contributed by atoms with Gasteiger partial charge in [0.25, 0.3) is 5.91 Å². The average Bonchev–Trinajstić information content (AvgIpc) is 3.23. The highest BCUT2D eigenvalue weighted by Crippen LogP contribution is 2.42. The zero-order chi connectivity index (χ0) is 20.7. The minimum absolute atomic E-state index is 0.287. The van der Waals surface area contributed by atoms with Gasteiger partial charge in [0.2, 0.25) is 0 Å². The van der Waals surface area contributed by atoms with Gasteiger partial charge in [0.1, 0.15) is 9.88 Å². The Kier molecular flexibility index (Phi) is 5.69. The lowest BCUT2D eigenvalue weighted by atomic mass is 9.86. The van der Waals surface area contributed by atoms with Crippen molar-refractivity contribution in [2.45, 2.75) is 39.5 Å². The summed E-state index contributed by atoms with van der Waals surface area (Å²) in [6.07, 6.45) is 3.95. The van der Waals surface area contributed by atoms with E-state index in [1.165, 1.54) is 34.7 Å². The molecule has 0 aliphatic heterocycles. The van der Waals surface area contributed by atoms with Gasteiger partial charge in [-0.25, -0.2) is 4.79 Å². The van der Waals surface area contributed by atoms with Crippen LogP contribution in [0.5, 0.6) is 0 Å². The molecule has 1 aliphatic rings. The van der Waals surface area contributed by atoms with Crippen LogP contribution in [-0.4, -0.2) is 19.0 Å². The minimum atomic E-state index is -0.397. The number of thiophene rings is 2. The van der Waals surface area contributed by atoms with E-state index in [1.807, 2.05) is 25.1 Å². The molecule has 0 bridgehead atoms. The number of carbonyl (C=O) groups is 2.